The van der Waals surface area contributed by atoms with Gasteiger partial charge in [0.1, 0.15) is 22.9 Å². The highest BCUT2D eigenvalue weighted by Crippen LogP contribution is 2.45. The summed E-state index contributed by atoms with van der Waals surface area (Å²) in [6.07, 6.45) is -4.52. The van der Waals surface area contributed by atoms with Crippen LogP contribution in [-0.4, -0.2) is 48.6 Å². The molecule has 18 heteroatoms. The Morgan fingerprint density at radius 2 is 1.86 bits per heavy atom. The molecule has 0 saturated carbocycles. The summed E-state index contributed by atoms with van der Waals surface area (Å²) >= 11 is 0. The molecule has 1 aliphatic heterocycles. The van der Waals surface area contributed by atoms with Gasteiger partial charge < -0.3 is 19.4 Å². The SMILES string of the molecule is CC(C)(C)OC(=O)N[C@H]1CC(F)(F)c2cc(F)c(-c3nnc(C(C)(C)C#N)o3)cc2N(Cc2ccc(-n3cc(C(F)(F)F)cn3)nc2)C1=O. The van der Waals surface area contributed by atoms with Crippen LogP contribution in [0.5, 0.6) is 0 Å². The number of aromatic nitrogens is 5. The van der Waals surface area contributed by atoms with Crippen LogP contribution in [-0.2, 0) is 33.6 Å². The Hall–Kier alpha value is -5.47. The van der Waals surface area contributed by atoms with Crippen LogP contribution < -0.4 is 10.2 Å². The molecule has 0 aliphatic carbocycles. The number of hydrogen-bond acceptors (Lipinski definition) is 9. The summed E-state index contributed by atoms with van der Waals surface area (Å²) in [5.74, 6) is -6.74. The van der Waals surface area contributed by atoms with Crippen molar-refractivity contribution in [2.45, 2.75) is 76.7 Å². The van der Waals surface area contributed by atoms with E-state index in [0.29, 0.717) is 12.3 Å². The van der Waals surface area contributed by atoms with E-state index in [2.05, 4.69) is 25.6 Å². The van der Waals surface area contributed by atoms with Crippen molar-refractivity contribution in [2.24, 2.45) is 0 Å². The van der Waals surface area contributed by atoms with Crippen LogP contribution >= 0.6 is 0 Å². The van der Waals surface area contributed by atoms with Crippen molar-refractivity contribution < 1.29 is 45.1 Å². The van der Waals surface area contributed by atoms with Gasteiger partial charge in [-0.2, -0.15) is 23.5 Å². The maximum Gasteiger partial charge on any atom is 0.419 e. The molecular weight excluding hydrogens is 662 g/mol. The van der Waals surface area contributed by atoms with E-state index in [1.54, 1.807) is 0 Å². The Kier molecular flexibility index (Phi) is 8.68. The summed E-state index contributed by atoms with van der Waals surface area (Å²) in [5.41, 5.74) is -4.92. The number of benzene rings is 1. The van der Waals surface area contributed by atoms with Crippen molar-refractivity contribution in [2.75, 3.05) is 4.90 Å². The number of hydrogen-bond donors (Lipinski definition) is 1. The van der Waals surface area contributed by atoms with Gasteiger partial charge in [-0.25, -0.2) is 27.6 Å². The highest BCUT2D eigenvalue weighted by molar-refractivity contribution is 6.00. The van der Waals surface area contributed by atoms with Gasteiger partial charge in [0, 0.05) is 24.4 Å². The fourth-order valence-corrected chi connectivity index (χ4v) is 4.78. The lowest BCUT2D eigenvalue weighted by molar-refractivity contribution is -0.137. The van der Waals surface area contributed by atoms with Crippen molar-refractivity contribution in [3.8, 4) is 23.3 Å². The molecule has 3 aromatic heterocycles. The molecule has 0 bridgehead atoms. The third kappa shape index (κ3) is 7.34. The predicted molar refractivity (Wildman–Crippen MR) is 158 cm³/mol. The molecule has 49 heavy (non-hydrogen) atoms. The number of alkyl carbamates (subject to hydrolysis) is 1. The third-order valence-corrected chi connectivity index (χ3v) is 7.25. The number of carbonyl (C=O) groups excluding carboxylic acids is 2. The van der Waals surface area contributed by atoms with Gasteiger partial charge in [0.05, 0.1) is 35.6 Å². The Morgan fingerprint density at radius 3 is 2.45 bits per heavy atom. The first kappa shape index (κ1) is 34.9. The van der Waals surface area contributed by atoms with E-state index in [9.17, 15) is 28.0 Å². The zero-order chi connectivity index (χ0) is 36.1. The summed E-state index contributed by atoms with van der Waals surface area (Å²) in [7, 11) is 0. The Morgan fingerprint density at radius 1 is 1.14 bits per heavy atom. The first-order valence-electron chi connectivity index (χ1n) is 14.5. The van der Waals surface area contributed by atoms with Crippen LogP contribution in [0.4, 0.5) is 36.8 Å². The van der Waals surface area contributed by atoms with Gasteiger partial charge in [-0.15, -0.1) is 10.2 Å². The normalized spacial score (nSPS) is 16.5. The van der Waals surface area contributed by atoms with Gasteiger partial charge in [0.2, 0.25) is 11.8 Å². The number of nitrogens with zero attached hydrogens (tertiary/aromatic N) is 7. The maximum atomic E-state index is 15.9. The van der Waals surface area contributed by atoms with Gasteiger partial charge in [-0.05, 0) is 58.4 Å². The standard InChI is InChI=1S/C31H28F6N8O4/c1-28(2,3)49-27(47)41-21-10-30(33,34)19-9-20(32)18(24-42-43-26(48-24)29(4,5)15-38)8-22(19)44(25(21)46)13-16-6-7-23(39-11-16)45-14-17(12-40-45)31(35,36)37/h6-9,11-12,14,21H,10,13H2,1-5H3,(H,41,47)/t21-/m0/s1. The predicted octanol–water partition coefficient (Wildman–Crippen LogP) is 6.20. The third-order valence-electron chi connectivity index (χ3n) is 7.25. The first-order chi connectivity index (χ1) is 22.7. The Balaban J connectivity index is 1.58. The Labute approximate surface area is 274 Å². The van der Waals surface area contributed by atoms with Crippen LogP contribution in [0.1, 0.15) is 63.6 Å². The smallest absolute Gasteiger partial charge is 0.419 e. The number of amides is 2. The molecule has 4 aromatic rings. The van der Waals surface area contributed by atoms with E-state index < -0.39 is 88.2 Å². The molecule has 1 aromatic carbocycles. The lowest BCUT2D eigenvalue weighted by Gasteiger charge is -2.27. The van der Waals surface area contributed by atoms with E-state index in [1.165, 1.54) is 52.9 Å². The zero-order valence-corrected chi connectivity index (χ0v) is 26.6. The van der Waals surface area contributed by atoms with Gasteiger partial charge in [0.25, 0.3) is 11.8 Å². The number of nitrogens with one attached hydrogen (secondary N) is 1. The number of ether oxygens (including phenoxy) is 1. The highest BCUT2D eigenvalue weighted by atomic mass is 19.4. The summed E-state index contributed by atoms with van der Waals surface area (Å²) in [5, 5.41) is 22.8. The molecule has 2 amide bonds. The molecule has 0 fully saturated rings. The number of pyridine rings is 1. The fraction of sp³-hybridized carbons (Fsp3) is 0.387. The number of anilines is 1. The number of nitriles is 1. The van der Waals surface area contributed by atoms with Crippen LogP contribution in [0.3, 0.4) is 0 Å². The van der Waals surface area contributed by atoms with Crippen LogP contribution in [0.15, 0.2) is 47.3 Å². The molecule has 258 valence electrons. The minimum Gasteiger partial charge on any atom is -0.444 e. The maximum absolute atomic E-state index is 15.9. The summed E-state index contributed by atoms with van der Waals surface area (Å²) in [6.45, 7) is 7.08. The van der Waals surface area contributed by atoms with Crippen LogP contribution in [0.2, 0.25) is 0 Å². The van der Waals surface area contributed by atoms with Crippen molar-refractivity contribution in [1.29, 1.82) is 5.26 Å². The van der Waals surface area contributed by atoms with Crippen molar-refractivity contribution in [3.05, 3.63) is 71.3 Å². The molecule has 0 spiro atoms. The molecule has 4 heterocycles. The topological polar surface area (TPSA) is 152 Å². The zero-order valence-electron chi connectivity index (χ0n) is 26.6. The van der Waals surface area contributed by atoms with Crippen molar-refractivity contribution in [1.82, 2.24) is 30.3 Å². The van der Waals surface area contributed by atoms with Crippen molar-refractivity contribution >= 4 is 17.7 Å². The largest absolute Gasteiger partial charge is 0.444 e. The summed E-state index contributed by atoms with van der Waals surface area (Å²) < 4.78 is 98.1. The molecule has 12 nitrogen and oxygen atoms in total. The first-order valence-corrected chi connectivity index (χ1v) is 14.5. The monoisotopic (exact) mass is 690 g/mol. The van der Waals surface area contributed by atoms with Crippen molar-refractivity contribution in [3.63, 3.8) is 0 Å². The quantitative estimate of drug-likeness (QED) is 0.233. The number of alkyl halides is 5. The second kappa shape index (κ2) is 12.2. The van der Waals surface area contributed by atoms with E-state index in [0.717, 1.165) is 21.8 Å². The fourth-order valence-electron chi connectivity index (χ4n) is 4.78. The number of rotatable bonds is 6. The molecule has 0 saturated heterocycles. The molecule has 1 atom stereocenters. The number of carbonyl (C=O) groups is 2. The van der Waals surface area contributed by atoms with Gasteiger partial charge in [-0.3, -0.25) is 4.79 Å². The number of fused-ring (bicyclic) bond motifs is 1. The summed E-state index contributed by atoms with van der Waals surface area (Å²) in [6, 6.07) is 4.22. The van der Waals surface area contributed by atoms with E-state index in [4.69, 9.17) is 9.15 Å². The minimum atomic E-state index is -4.64. The van der Waals surface area contributed by atoms with Crippen LogP contribution in [0, 0.1) is 17.1 Å². The van der Waals surface area contributed by atoms with Gasteiger partial charge in [0.15, 0.2) is 5.82 Å². The number of halogens is 6. The second-order valence-electron chi connectivity index (χ2n) is 12.7. The second-order valence-corrected chi connectivity index (χ2v) is 12.7. The molecule has 5 rings (SSSR count). The highest BCUT2D eigenvalue weighted by Gasteiger charge is 2.47. The van der Waals surface area contributed by atoms with Gasteiger partial charge in [-0.1, -0.05) is 6.07 Å². The van der Waals surface area contributed by atoms with E-state index in [-0.39, 0.29) is 17.3 Å². The minimum absolute atomic E-state index is 0.0188. The van der Waals surface area contributed by atoms with Gasteiger partial charge >= 0.3 is 12.3 Å². The molecular formula is C31H28F6N8O4. The lowest BCUT2D eigenvalue weighted by atomic mass is 9.96. The average molecular weight is 691 g/mol. The van der Waals surface area contributed by atoms with E-state index in [1.807, 2.05) is 6.07 Å². The van der Waals surface area contributed by atoms with Crippen LogP contribution in [0.25, 0.3) is 17.3 Å². The molecule has 0 radical (unpaired) electrons. The molecule has 1 aliphatic rings. The lowest BCUT2D eigenvalue weighted by Crippen LogP contribution is -2.49. The Bertz CT molecular complexity index is 1940. The average Bonchev–Trinajstić information content (AvgIpc) is 3.69. The summed E-state index contributed by atoms with van der Waals surface area (Å²) in [4.78, 5) is 31.6. The molecule has 1 N–H and O–H groups in total. The molecule has 0 unspecified atom stereocenters. The van der Waals surface area contributed by atoms with E-state index >= 15 is 13.2 Å².